The monoisotopic (exact) mass is 406 g/mol. The van der Waals surface area contributed by atoms with E-state index in [1.165, 1.54) is 12.1 Å². The van der Waals surface area contributed by atoms with E-state index in [1.807, 2.05) is 19.9 Å². The van der Waals surface area contributed by atoms with Gasteiger partial charge in [-0.3, -0.25) is 0 Å². The molecule has 0 atom stereocenters. The van der Waals surface area contributed by atoms with Crippen LogP contribution in [-0.4, -0.2) is 41.5 Å². The van der Waals surface area contributed by atoms with Crippen molar-refractivity contribution in [3.8, 4) is 5.82 Å². The van der Waals surface area contributed by atoms with Crippen molar-refractivity contribution in [2.45, 2.75) is 18.7 Å². The first kappa shape index (κ1) is 19.3. The largest absolute Gasteiger partial charge is 0.367 e. The molecule has 10 heteroatoms. The maximum absolute atomic E-state index is 12.3. The van der Waals surface area contributed by atoms with Gasteiger partial charge in [0.1, 0.15) is 5.82 Å². The van der Waals surface area contributed by atoms with Crippen LogP contribution in [0.15, 0.2) is 47.5 Å². The number of nitrogens with one attached hydrogen (secondary N) is 2. The van der Waals surface area contributed by atoms with Gasteiger partial charge in [-0.15, -0.1) is 10.2 Å². The zero-order valence-electron chi connectivity index (χ0n) is 14.8. The molecule has 0 aliphatic heterocycles. The Morgan fingerprint density at radius 1 is 1.07 bits per heavy atom. The number of benzene rings is 1. The van der Waals surface area contributed by atoms with Gasteiger partial charge in [0, 0.05) is 24.3 Å². The second kappa shape index (κ2) is 8.03. The lowest BCUT2D eigenvalue weighted by Crippen LogP contribution is -2.29. The minimum atomic E-state index is -3.62. The predicted molar refractivity (Wildman–Crippen MR) is 104 cm³/mol. The van der Waals surface area contributed by atoms with Crippen LogP contribution < -0.4 is 10.0 Å². The standard InChI is InChI=1S/C17H19ClN6O2S/c1-12-3-4-14(11-15(12)18)27(25,26)20-9-8-19-16-5-6-17(22-21-16)24-10-7-13(2)23-24/h3-7,10-11,20H,8-9H2,1-2H3,(H,19,21). The van der Waals surface area contributed by atoms with Gasteiger partial charge >= 0.3 is 0 Å². The Kier molecular flexibility index (Phi) is 5.73. The average molecular weight is 407 g/mol. The Morgan fingerprint density at radius 2 is 1.89 bits per heavy atom. The summed E-state index contributed by atoms with van der Waals surface area (Å²) in [5.74, 6) is 1.14. The third kappa shape index (κ3) is 4.82. The van der Waals surface area contributed by atoms with Crippen molar-refractivity contribution >= 4 is 27.4 Å². The number of aromatic nitrogens is 4. The summed E-state index contributed by atoms with van der Waals surface area (Å²) in [6.07, 6.45) is 1.80. The summed E-state index contributed by atoms with van der Waals surface area (Å²) in [6, 6.07) is 10.1. The number of rotatable bonds is 7. The van der Waals surface area contributed by atoms with Crippen LogP contribution in [0.2, 0.25) is 5.02 Å². The summed E-state index contributed by atoms with van der Waals surface area (Å²) in [6.45, 7) is 4.25. The lowest BCUT2D eigenvalue weighted by atomic mass is 10.2. The Morgan fingerprint density at radius 3 is 2.52 bits per heavy atom. The second-order valence-corrected chi connectivity index (χ2v) is 8.09. The Bertz CT molecular complexity index is 1030. The number of hydrogen-bond donors (Lipinski definition) is 2. The molecule has 27 heavy (non-hydrogen) atoms. The molecule has 1 aromatic carbocycles. The predicted octanol–water partition coefficient (Wildman–Crippen LogP) is 2.32. The number of halogens is 1. The Balaban J connectivity index is 1.53. The number of anilines is 1. The highest BCUT2D eigenvalue weighted by Gasteiger charge is 2.14. The molecule has 3 rings (SSSR count). The molecule has 0 aliphatic rings. The molecule has 0 aliphatic carbocycles. The van der Waals surface area contributed by atoms with Gasteiger partial charge < -0.3 is 5.32 Å². The van der Waals surface area contributed by atoms with Gasteiger partial charge in [-0.1, -0.05) is 17.7 Å². The van der Waals surface area contributed by atoms with Crippen molar-refractivity contribution in [1.82, 2.24) is 24.7 Å². The molecule has 0 radical (unpaired) electrons. The van der Waals surface area contributed by atoms with E-state index in [1.54, 1.807) is 29.1 Å². The third-order valence-electron chi connectivity index (χ3n) is 3.78. The topological polar surface area (TPSA) is 102 Å². The van der Waals surface area contributed by atoms with Crippen molar-refractivity contribution in [2.75, 3.05) is 18.4 Å². The van der Waals surface area contributed by atoms with Crippen LogP contribution in [0.4, 0.5) is 5.82 Å². The molecule has 3 aromatic rings. The third-order valence-corrected chi connectivity index (χ3v) is 5.65. The molecule has 2 aromatic heterocycles. The molecule has 2 N–H and O–H groups in total. The molecule has 2 heterocycles. The normalized spacial score (nSPS) is 11.5. The zero-order chi connectivity index (χ0) is 19.4. The van der Waals surface area contributed by atoms with E-state index in [9.17, 15) is 8.42 Å². The van der Waals surface area contributed by atoms with Gasteiger partial charge in [0.05, 0.1) is 10.6 Å². The summed E-state index contributed by atoms with van der Waals surface area (Å²) in [5, 5.41) is 15.8. The minimum Gasteiger partial charge on any atom is -0.367 e. The SMILES string of the molecule is Cc1ccn(-c2ccc(NCCNS(=O)(=O)c3ccc(C)c(Cl)c3)nn2)n1. The van der Waals surface area contributed by atoms with Crippen LogP contribution in [0, 0.1) is 13.8 Å². The molecule has 0 saturated heterocycles. The lowest BCUT2D eigenvalue weighted by Gasteiger charge is -2.09. The number of nitrogens with zero attached hydrogens (tertiary/aromatic N) is 4. The highest BCUT2D eigenvalue weighted by molar-refractivity contribution is 7.89. The van der Waals surface area contributed by atoms with Crippen LogP contribution in [0.3, 0.4) is 0 Å². The van der Waals surface area contributed by atoms with Gasteiger partial charge in [0.15, 0.2) is 5.82 Å². The van der Waals surface area contributed by atoms with Crippen LogP contribution in [0.5, 0.6) is 0 Å². The van der Waals surface area contributed by atoms with Crippen LogP contribution >= 0.6 is 11.6 Å². The van der Waals surface area contributed by atoms with Crippen molar-refractivity contribution in [1.29, 1.82) is 0 Å². The maximum atomic E-state index is 12.3. The van der Waals surface area contributed by atoms with Crippen molar-refractivity contribution < 1.29 is 8.42 Å². The van der Waals surface area contributed by atoms with Gasteiger partial charge in [0.2, 0.25) is 10.0 Å². The van der Waals surface area contributed by atoms with E-state index >= 15 is 0 Å². The summed E-state index contributed by atoms with van der Waals surface area (Å²) < 4.78 is 28.7. The van der Waals surface area contributed by atoms with Gasteiger partial charge in [-0.2, -0.15) is 5.10 Å². The molecular formula is C17H19ClN6O2S. The van der Waals surface area contributed by atoms with E-state index in [4.69, 9.17) is 11.6 Å². The van der Waals surface area contributed by atoms with Crippen LogP contribution in [0.25, 0.3) is 5.82 Å². The van der Waals surface area contributed by atoms with E-state index in [0.717, 1.165) is 11.3 Å². The first-order valence-corrected chi connectivity index (χ1v) is 10.1. The maximum Gasteiger partial charge on any atom is 0.240 e. The van der Waals surface area contributed by atoms with Crippen LogP contribution in [-0.2, 0) is 10.0 Å². The minimum absolute atomic E-state index is 0.136. The first-order valence-electron chi connectivity index (χ1n) is 8.21. The fraction of sp³-hybridized carbons (Fsp3) is 0.235. The molecular weight excluding hydrogens is 388 g/mol. The average Bonchev–Trinajstić information content (AvgIpc) is 3.08. The fourth-order valence-electron chi connectivity index (χ4n) is 2.28. The summed E-state index contributed by atoms with van der Waals surface area (Å²) in [4.78, 5) is 0.136. The first-order chi connectivity index (χ1) is 12.8. The van der Waals surface area contributed by atoms with Gasteiger partial charge in [-0.05, 0) is 49.7 Å². The number of sulfonamides is 1. The second-order valence-electron chi connectivity index (χ2n) is 5.91. The van der Waals surface area contributed by atoms with E-state index in [2.05, 4.69) is 25.3 Å². The fourth-order valence-corrected chi connectivity index (χ4v) is 3.59. The van der Waals surface area contributed by atoms with E-state index in [0.29, 0.717) is 23.2 Å². The molecule has 0 fully saturated rings. The van der Waals surface area contributed by atoms with Crippen molar-refractivity contribution in [3.05, 3.63) is 58.9 Å². The summed E-state index contributed by atoms with van der Waals surface area (Å²) in [5.41, 5.74) is 1.71. The summed E-state index contributed by atoms with van der Waals surface area (Å²) in [7, 11) is -3.62. The summed E-state index contributed by atoms with van der Waals surface area (Å²) >= 11 is 5.99. The quantitative estimate of drug-likeness (QED) is 0.584. The number of aryl methyl sites for hydroxylation is 2. The molecule has 8 nitrogen and oxygen atoms in total. The van der Waals surface area contributed by atoms with Gasteiger partial charge in [0.25, 0.3) is 0 Å². The van der Waals surface area contributed by atoms with Crippen molar-refractivity contribution in [3.63, 3.8) is 0 Å². The molecule has 142 valence electrons. The number of hydrogen-bond acceptors (Lipinski definition) is 6. The molecule has 0 saturated carbocycles. The lowest BCUT2D eigenvalue weighted by molar-refractivity contribution is 0.583. The van der Waals surface area contributed by atoms with Gasteiger partial charge in [-0.25, -0.2) is 17.8 Å². The van der Waals surface area contributed by atoms with Crippen LogP contribution in [0.1, 0.15) is 11.3 Å². The Labute approximate surface area is 162 Å². The zero-order valence-corrected chi connectivity index (χ0v) is 16.4. The molecule has 0 spiro atoms. The van der Waals surface area contributed by atoms with E-state index in [-0.39, 0.29) is 11.4 Å². The van der Waals surface area contributed by atoms with Crippen molar-refractivity contribution in [2.24, 2.45) is 0 Å². The molecule has 0 bridgehead atoms. The smallest absolute Gasteiger partial charge is 0.240 e. The highest BCUT2D eigenvalue weighted by atomic mass is 35.5. The van der Waals surface area contributed by atoms with E-state index < -0.39 is 10.0 Å². The molecule has 0 unspecified atom stereocenters. The highest BCUT2D eigenvalue weighted by Crippen LogP contribution is 2.19. The molecule has 0 amide bonds. The Hall–Kier alpha value is -2.49.